The van der Waals surface area contributed by atoms with E-state index in [0.29, 0.717) is 35.9 Å². The minimum atomic E-state index is -3.63. The van der Waals surface area contributed by atoms with Crippen LogP contribution in [0.5, 0.6) is 17.2 Å². The molecule has 39 heavy (non-hydrogen) atoms. The van der Waals surface area contributed by atoms with Gasteiger partial charge in [0.1, 0.15) is 11.8 Å². The van der Waals surface area contributed by atoms with Gasteiger partial charge in [0.05, 0.1) is 19.1 Å². The van der Waals surface area contributed by atoms with E-state index in [-0.39, 0.29) is 50.5 Å². The van der Waals surface area contributed by atoms with Crippen LogP contribution in [0.3, 0.4) is 0 Å². The summed E-state index contributed by atoms with van der Waals surface area (Å²) in [4.78, 5) is 28.2. The number of hydrogen-bond acceptors (Lipinski definition) is 7. The standard InChI is InChI=1S/C28H39N3O7S/c1-6-24(28(33)29-17-20(2)3)30(18-21-9-7-10-23(15-21)36-4)27(32)11-8-14-31(39(5,34)35)22-12-13-25-26(16-22)38-19-37-25/h7,9-10,12-13,15-16,20,24H,6,8,11,14,17-19H2,1-5H3,(H,29,33)/t24-/m0/s1. The zero-order valence-corrected chi connectivity index (χ0v) is 24.1. The van der Waals surface area contributed by atoms with E-state index in [9.17, 15) is 18.0 Å². The SMILES string of the molecule is CC[C@@H](C(=O)NCC(C)C)N(Cc1cccc(OC)c1)C(=O)CCCN(c1ccc2c(c1)OCO2)S(C)(=O)=O. The van der Waals surface area contributed by atoms with Gasteiger partial charge in [-0.15, -0.1) is 0 Å². The number of sulfonamides is 1. The van der Waals surface area contributed by atoms with Gasteiger partial charge in [-0.2, -0.15) is 0 Å². The second-order valence-corrected chi connectivity index (χ2v) is 11.8. The molecule has 1 atom stereocenters. The molecular formula is C28H39N3O7S. The van der Waals surface area contributed by atoms with Crippen LogP contribution in [-0.4, -0.2) is 64.4 Å². The first-order valence-corrected chi connectivity index (χ1v) is 15.0. The van der Waals surface area contributed by atoms with Crippen molar-refractivity contribution in [2.45, 2.75) is 52.6 Å². The van der Waals surface area contributed by atoms with Crippen molar-refractivity contribution in [2.24, 2.45) is 5.92 Å². The van der Waals surface area contributed by atoms with Crippen molar-refractivity contribution in [3.63, 3.8) is 0 Å². The molecule has 2 aromatic rings. The molecule has 0 saturated carbocycles. The summed E-state index contributed by atoms with van der Waals surface area (Å²) >= 11 is 0. The Kier molecular flexibility index (Phi) is 10.4. The molecule has 1 aliphatic rings. The van der Waals surface area contributed by atoms with Gasteiger partial charge in [0, 0.05) is 32.1 Å². The summed E-state index contributed by atoms with van der Waals surface area (Å²) in [6.07, 6.45) is 1.89. The van der Waals surface area contributed by atoms with Gasteiger partial charge in [0.15, 0.2) is 11.5 Å². The van der Waals surface area contributed by atoms with E-state index in [2.05, 4.69) is 5.32 Å². The summed E-state index contributed by atoms with van der Waals surface area (Å²) < 4.78 is 42.5. The average molecular weight is 562 g/mol. The maximum absolute atomic E-state index is 13.6. The fraction of sp³-hybridized carbons (Fsp3) is 0.500. The zero-order chi connectivity index (χ0) is 28.6. The van der Waals surface area contributed by atoms with E-state index in [4.69, 9.17) is 14.2 Å². The second kappa shape index (κ2) is 13.5. The number of benzene rings is 2. The maximum atomic E-state index is 13.6. The molecular weight excluding hydrogens is 522 g/mol. The highest BCUT2D eigenvalue weighted by atomic mass is 32.2. The Morgan fingerprint density at radius 3 is 2.51 bits per heavy atom. The van der Waals surface area contributed by atoms with Crippen LogP contribution in [0, 0.1) is 5.92 Å². The number of ether oxygens (including phenoxy) is 3. The number of amides is 2. The molecule has 0 fully saturated rings. The molecule has 0 aliphatic carbocycles. The highest BCUT2D eigenvalue weighted by molar-refractivity contribution is 7.92. The molecule has 214 valence electrons. The molecule has 1 heterocycles. The topological polar surface area (TPSA) is 114 Å². The minimum Gasteiger partial charge on any atom is -0.497 e. The number of fused-ring (bicyclic) bond motifs is 1. The van der Waals surface area contributed by atoms with Crippen LogP contribution < -0.4 is 23.8 Å². The van der Waals surface area contributed by atoms with Crippen molar-refractivity contribution >= 4 is 27.5 Å². The summed E-state index contributed by atoms with van der Waals surface area (Å²) in [6.45, 7) is 6.79. The lowest BCUT2D eigenvalue weighted by Crippen LogP contribution is -2.49. The largest absolute Gasteiger partial charge is 0.497 e. The highest BCUT2D eigenvalue weighted by Crippen LogP contribution is 2.36. The summed E-state index contributed by atoms with van der Waals surface area (Å²) in [7, 11) is -2.05. The number of methoxy groups -OCH3 is 1. The van der Waals surface area contributed by atoms with Crippen LogP contribution in [0.15, 0.2) is 42.5 Å². The Hall–Kier alpha value is -3.47. The van der Waals surface area contributed by atoms with Crippen molar-refractivity contribution in [2.75, 3.05) is 37.6 Å². The molecule has 1 N–H and O–H groups in total. The van der Waals surface area contributed by atoms with Gasteiger partial charge in [0.2, 0.25) is 28.6 Å². The predicted octanol–water partition coefficient (Wildman–Crippen LogP) is 3.55. The van der Waals surface area contributed by atoms with Crippen molar-refractivity contribution in [3.8, 4) is 17.2 Å². The molecule has 0 unspecified atom stereocenters. The molecule has 2 amide bonds. The molecule has 1 aliphatic heterocycles. The molecule has 0 spiro atoms. The van der Waals surface area contributed by atoms with Crippen molar-refractivity contribution < 1.29 is 32.2 Å². The predicted molar refractivity (Wildman–Crippen MR) is 149 cm³/mol. The zero-order valence-electron chi connectivity index (χ0n) is 23.3. The number of rotatable bonds is 14. The Bertz CT molecular complexity index is 1250. The first-order valence-electron chi connectivity index (χ1n) is 13.1. The summed E-state index contributed by atoms with van der Waals surface area (Å²) in [5.41, 5.74) is 1.26. The molecule has 0 saturated heterocycles. The quantitative estimate of drug-likeness (QED) is 0.375. The van der Waals surface area contributed by atoms with Gasteiger partial charge in [-0.25, -0.2) is 8.42 Å². The Morgan fingerprint density at radius 1 is 1.10 bits per heavy atom. The summed E-state index contributed by atoms with van der Waals surface area (Å²) in [5, 5.41) is 2.95. The summed E-state index contributed by atoms with van der Waals surface area (Å²) in [5.74, 6) is 1.51. The van der Waals surface area contributed by atoms with Crippen LogP contribution in [-0.2, 0) is 26.2 Å². The smallest absolute Gasteiger partial charge is 0.242 e. The highest BCUT2D eigenvalue weighted by Gasteiger charge is 2.29. The molecule has 0 radical (unpaired) electrons. The van der Waals surface area contributed by atoms with Gasteiger partial charge in [0.25, 0.3) is 0 Å². The number of carbonyl (C=O) groups is 2. The summed E-state index contributed by atoms with van der Waals surface area (Å²) in [6, 6.07) is 11.6. The molecule has 2 aromatic carbocycles. The van der Waals surface area contributed by atoms with Crippen molar-refractivity contribution in [1.82, 2.24) is 10.2 Å². The number of nitrogens with zero attached hydrogens (tertiary/aromatic N) is 2. The number of hydrogen-bond donors (Lipinski definition) is 1. The van der Waals surface area contributed by atoms with E-state index in [0.717, 1.165) is 11.8 Å². The molecule has 10 nitrogen and oxygen atoms in total. The Labute approximate surface area is 231 Å². The van der Waals surface area contributed by atoms with E-state index < -0.39 is 16.1 Å². The second-order valence-electron chi connectivity index (χ2n) is 9.91. The third-order valence-corrected chi connectivity index (χ3v) is 7.55. The molecule has 0 aromatic heterocycles. The lowest BCUT2D eigenvalue weighted by molar-refractivity contribution is -0.141. The van der Waals surface area contributed by atoms with Crippen LogP contribution in [0.1, 0.15) is 45.6 Å². The van der Waals surface area contributed by atoms with Gasteiger partial charge < -0.3 is 24.4 Å². The normalized spacial score (nSPS) is 13.2. The lowest BCUT2D eigenvalue weighted by atomic mass is 10.1. The van der Waals surface area contributed by atoms with Crippen LogP contribution in [0.25, 0.3) is 0 Å². The Morgan fingerprint density at radius 2 is 1.85 bits per heavy atom. The molecule has 0 bridgehead atoms. The number of anilines is 1. The minimum absolute atomic E-state index is 0.0640. The van der Waals surface area contributed by atoms with E-state index in [1.54, 1.807) is 30.2 Å². The third kappa shape index (κ3) is 8.26. The van der Waals surface area contributed by atoms with E-state index in [1.165, 1.54) is 4.31 Å². The fourth-order valence-electron chi connectivity index (χ4n) is 4.35. The Balaban J connectivity index is 1.77. The van der Waals surface area contributed by atoms with Gasteiger partial charge >= 0.3 is 0 Å². The van der Waals surface area contributed by atoms with Crippen molar-refractivity contribution in [1.29, 1.82) is 0 Å². The van der Waals surface area contributed by atoms with Crippen LogP contribution in [0.4, 0.5) is 5.69 Å². The average Bonchev–Trinajstić information content (AvgIpc) is 3.37. The van der Waals surface area contributed by atoms with E-state index >= 15 is 0 Å². The van der Waals surface area contributed by atoms with Gasteiger partial charge in [-0.05, 0) is 48.6 Å². The first kappa shape index (κ1) is 30.1. The fourth-order valence-corrected chi connectivity index (χ4v) is 5.31. The van der Waals surface area contributed by atoms with Crippen molar-refractivity contribution in [3.05, 3.63) is 48.0 Å². The van der Waals surface area contributed by atoms with E-state index in [1.807, 2.05) is 45.0 Å². The van der Waals surface area contributed by atoms with Crippen LogP contribution in [0.2, 0.25) is 0 Å². The molecule has 3 rings (SSSR count). The van der Waals surface area contributed by atoms with Gasteiger partial charge in [-0.3, -0.25) is 13.9 Å². The number of carbonyl (C=O) groups excluding carboxylic acids is 2. The lowest BCUT2D eigenvalue weighted by Gasteiger charge is -2.31. The monoisotopic (exact) mass is 561 g/mol. The van der Waals surface area contributed by atoms with Crippen LogP contribution >= 0.6 is 0 Å². The number of nitrogens with one attached hydrogen (secondary N) is 1. The third-order valence-electron chi connectivity index (χ3n) is 6.35. The maximum Gasteiger partial charge on any atom is 0.242 e. The molecule has 11 heteroatoms. The first-order chi connectivity index (χ1) is 18.5. The van der Waals surface area contributed by atoms with Gasteiger partial charge in [-0.1, -0.05) is 32.9 Å².